The number of pyridine rings is 1. The second-order valence-corrected chi connectivity index (χ2v) is 7.62. The molecule has 1 aromatic carbocycles. The van der Waals surface area contributed by atoms with Crippen molar-refractivity contribution < 1.29 is 9.18 Å². The van der Waals surface area contributed by atoms with Crippen molar-refractivity contribution in [3.05, 3.63) is 36.7 Å². The molecule has 2 aromatic rings. The number of halogens is 1. The standard InChI is InChI=1S/C21H24FN5O/c22-16-10-18(11-23)27(13-16)21(28)14-26-8-5-17(6-9-26)25-20-3-1-2-15-12-24-7-4-19(15)20/h1-4,7,12,16-18,25H,5-6,8-10,13-14H2/t16-,18?/m0/s1. The van der Waals surface area contributed by atoms with Crippen LogP contribution in [0.1, 0.15) is 19.3 Å². The van der Waals surface area contributed by atoms with Crippen LogP contribution in [0.2, 0.25) is 0 Å². The largest absolute Gasteiger partial charge is 0.382 e. The van der Waals surface area contributed by atoms with E-state index in [1.165, 1.54) is 4.90 Å². The third-order valence-corrected chi connectivity index (χ3v) is 5.71. The lowest BCUT2D eigenvalue weighted by atomic mass is 10.0. The van der Waals surface area contributed by atoms with E-state index >= 15 is 0 Å². The predicted molar refractivity (Wildman–Crippen MR) is 105 cm³/mol. The zero-order chi connectivity index (χ0) is 19.5. The number of rotatable bonds is 4. The fourth-order valence-corrected chi connectivity index (χ4v) is 4.17. The first-order valence-corrected chi connectivity index (χ1v) is 9.79. The highest BCUT2D eigenvalue weighted by atomic mass is 19.1. The SMILES string of the molecule is N#CC1C[C@H](F)CN1C(=O)CN1CCC(Nc2cccc3cnccc23)CC1. The number of carbonyl (C=O) groups excluding carboxylic acids is 1. The van der Waals surface area contributed by atoms with Gasteiger partial charge < -0.3 is 10.2 Å². The number of nitrogens with zero attached hydrogens (tertiary/aromatic N) is 4. The Kier molecular flexibility index (Phi) is 5.40. The molecule has 3 heterocycles. The van der Waals surface area contributed by atoms with Gasteiger partial charge in [0.1, 0.15) is 12.2 Å². The number of hydrogen-bond acceptors (Lipinski definition) is 5. The summed E-state index contributed by atoms with van der Waals surface area (Å²) in [7, 11) is 0. The Morgan fingerprint density at radius 1 is 1.32 bits per heavy atom. The molecule has 0 bridgehead atoms. The van der Waals surface area contributed by atoms with Crippen molar-refractivity contribution in [1.29, 1.82) is 5.26 Å². The van der Waals surface area contributed by atoms with E-state index in [0.29, 0.717) is 6.04 Å². The topological polar surface area (TPSA) is 72.3 Å². The van der Waals surface area contributed by atoms with Crippen LogP contribution in [0.4, 0.5) is 10.1 Å². The molecule has 28 heavy (non-hydrogen) atoms. The number of anilines is 1. The molecule has 1 N–H and O–H groups in total. The molecule has 2 saturated heterocycles. The summed E-state index contributed by atoms with van der Waals surface area (Å²) in [5, 5.41) is 15.0. The summed E-state index contributed by atoms with van der Waals surface area (Å²) in [6, 6.07) is 9.95. The first-order chi connectivity index (χ1) is 13.6. The molecular weight excluding hydrogens is 357 g/mol. The Balaban J connectivity index is 1.31. The lowest BCUT2D eigenvalue weighted by Crippen LogP contribution is -2.46. The van der Waals surface area contributed by atoms with Gasteiger partial charge in [0.05, 0.1) is 19.2 Å². The Hall–Kier alpha value is -2.72. The Morgan fingerprint density at radius 2 is 2.14 bits per heavy atom. The molecule has 2 aliphatic rings. The fraction of sp³-hybridized carbons (Fsp3) is 0.476. The quantitative estimate of drug-likeness (QED) is 0.881. The maximum Gasteiger partial charge on any atom is 0.237 e. The number of nitrogens with one attached hydrogen (secondary N) is 1. The summed E-state index contributed by atoms with van der Waals surface area (Å²) in [4.78, 5) is 20.2. The maximum atomic E-state index is 13.5. The highest BCUT2D eigenvalue weighted by Crippen LogP contribution is 2.25. The lowest BCUT2D eigenvalue weighted by Gasteiger charge is -2.33. The molecule has 1 unspecified atom stereocenters. The molecule has 1 aromatic heterocycles. The molecule has 0 saturated carbocycles. The van der Waals surface area contributed by atoms with Crippen molar-refractivity contribution in [2.24, 2.45) is 0 Å². The lowest BCUT2D eigenvalue weighted by molar-refractivity contribution is -0.132. The fourth-order valence-electron chi connectivity index (χ4n) is 4.17. The number of carbonyl (C=O) groups is 1. The van der Waals surface area contributed by atoms with E-state index in [1.807, 2.05) is 24.4 Å². The maximum absolute atomic E-state index is 13.5. The predicted octanol–water partition coefficient (Wildman–Crippen LogP) is 2.57. The molecule has 0 spiro atoms. The van der Waals surface area contributed by atoms with Crippen LogP contribution in [-0.2, 0) is 4.79 Å². The number of nitriles is 1. The zero-order valence-electron chi connectivity index (χ0n) is 15.7. The van der Waals surface area contributed by atoms with Crippen LogP contribution in [0.3, 0.4) is 0 Å². The number of benzene rings is 1. The summed E-state index contributed by atoms with van der Waals surface area (Å²) in [6.45, 7) is 1.92. The third-order valence-electron chi connectivity index (χ3n) is 5.71. The molecule has 146 valence electrons. The van der Waals surface area contributed by atoms with Gasteiger partial charge in [-0.05, 0) is 25.0 Å². The highest BCUT2D eigenvalue weighted by Gasteiger charge is 2.36. The first kappa shape index (κ1) is 18.6. The number of hydrogen-bond donors (Lipinski definition) is 1. The van der Waals surface area contributed by atoms with Crippen LogP contribution in [0.25, 0.3) is 10.8 Å². The average molecular weight is 381 g/mol. The van der Waals surface area contributed by atoms with Gasteiger partial charge >= 0.3 is 0 Å². The summed E-state index contributed by atoms with van der Waals surface area (Å²) in [5.74, 6) is -0.139. The van der Waals surface area contributed by atoms with E-state index in [0.717, 1.165) is 42.4 Å². The van der Waals surface area contributed by atoms with Gasteiger partial charge in [-0.1, -0.05) is 12.1 Å². The monoisotopic (exact) mass is 381 g/mol. The number of aromatic nitrogens is 1. The number of likely N-dealkylation sites (tertiary alicyclic amines) is 2. The summed E-state index contributed by atoms with van der Waals surface area (Å²) >= 11 is 0. The second-order valence-electron chi connectivity index (χ2n) is 7.62. The number of alkyl halides is 1. The number of piperidine rings is 1. The second kappa shape index (κ2) is 8.11. The van der Waals surface area contributed by atoms with Gasteiger partial charge in [0.2, 0.25) is 5.91 Å². The van der Waals surface area contributed by atoms with Gasteiger partial charge in [-0.15, -0.1) is 0 Å². The van der Waals surface area contributed by atoms with Crippen LogP contribution in [0.15, 0.2) is 36.7 Å². The van der Waals surface area contributed by atoms with E-state index in [2.05, 4.69) is 27.3 Å². The van der Waals surface area contributed by atoms with Gasteiger partial charge in [-0.25, -0.2) is 4.39 Å². The van der Waals surface area contributed by atoms with E-state index in [-0.39, 0.29) is 25.4 Å². The molecule has 2 fully saturated rings. The summed E-state index contributed by atoms with van der Waals surface area (Å²) < 4.78 is 13.5. The van der Waals surface area contributed by atoms with E-state index in [4.69, 9.17) is 5.26 Å². The number of fused-ring (bicyclic) bond motifs is 1. The normalized spacial score (nSPS) is 23.6. The first-order valence-electron chi connectivity index (χ1n) is 9.79. The molecular formula is C21H24FN5O. The molecule has 0 aliphatic carbocycles. The summed E-state index contributed by atoms with van der Waals surface area (Å²) in [6.07, 6.45) is 4.58. The minimum atomic E-state index is -1.08. The molecule has 6 nitrogen and oxygen atoms in total. The van der Waals surface area contributed by atoms with E-state index in [9.17, 15) is 9.18 Å². The Bertz CT molecular complexity index is 884. The van der Waals surface area contributed by atoms with Gasteiger partial charge in [0.15, 0.2) is 0 Å². The summed E-state index contributed by atoms with van der Waals surface area (Å²) in [5.41, 5.74) is 1.11. The van der Waals surface area contributed by atoms with Crippen molar-refractivity contribution in [3.63, 3.8) is 0 Å². The molecule has 0 radical (unpaired) electrons. The average Bonchev–Trinajstić information content (AvgIpc) is 3.11. The molecule has 1 amide bonds. The number of amides is 1. The van der Waals surface area contributed by atoms with Crippen molar-refractivity contribution in [1.82, 2.24) is 14.8 Å². The molecule has 2 atom stereocenters. The van der Waals surface area contributed by atoms with E-state index in [1.54, 1.807) is 6.20 Å². The minimum Gasteiger partial charge on any atom is -0.382 e. The van der Waals surface area contributed by atoms with Gasteiger partial charge in [-0.2, -0.15) is 5.26 Å². The third kappa shape index (κ3) is 3.92. The van der Waals surface area contributed by atoms with Crippen molar-refractivity contribution in [3.8, 4) is 6.07 Å². The van der Waals surface area contributed by atoms with Crippen LogP contribution in [0, 0.1) is 11.3 Å². The van der Waals surface area contributed by atoms with Crippen LogP contribution < -0.4 is 5.32 Å². The van der Waals surface area contributed by atoms with Crippen molar-refractivity contribution >= 4 is 22.4 Å². The Labute approximate surface area is 163 Å². The van der Waals surface area contributed by atoms with Crippen molar-refractivity contribution in [2.75, 3.05) is 31.5 Å². The Morgan fingerprint density at radius 3 is 2.93 bits per heavy atom. The highest BCUT2D eigenvalue weighted by molar-refractivity contribution is 5.93. The minimum absolute atomic E-state index is 0.0466. The zero-order valence-corrected chi connectivity index (χ0v) is 15.7. The van der Waals surface area contributed by atoms with E-state index < -0.39 is 12.2 Å². The van der Waals surface area contributed by atoms with Gasteiger partial charge in [0, 0.05) is 54.4 Å². The van der Waals surface area contributed by atoms with Crippen molar-refractivity contribution in [2.45, 2.75) is 37.5 Å². The van der Waals surface area contributed by atoms with Crippen LogP contribution >= 0.6 is 0 Å². The van der Waals surface area contributed by atoms with Gasteiger partial charge in [0.25, 0.3) is 0 Å². The molecule has 7 heteroatoms. The van der Waals surface area contributed by atoms with Crippen LogP contribution in [-0.4, -0.2) is 65.1 Å². The smallest absolute Gasteiger partial charge is 0.237 e. The molecule has 2 aliphatic heterocycles. The van der Waals surface area contributed by atoms with Crippen LogP contribution in [0.5, 0.6) is 0 Å². The molecule has 4 rings (SSSR count). The van der Waals surface area contributed by atoms with Gasteiger partial charge in [-0.3, -0.25) is 14.7 Å².